The van der Waals surface area contributed by atoms with Crippen LogP contribution in [0.1, 0.15) is 40.0 Å². The van der Waals surface area contributed by atoms with Gasteiger partial charge in [0, 0.05) is 23.1 Å². The van der Waals surface area contributed by atoms with Gasteiger partial charge in [-0.2, -0.15) is 11.8 Å². The Labute approximate surface area is 98.2 Å². The van der Waals surface area contributed by atoms with Crippen molar-refractivity contribution < 1.29 is 5.11 Å². The first-order chi connectivity index (χ1) is 7.01. The third-order valence-electron chi connectivity index (χ3n) is 3.54. The van der Waals surface area contributed by atoms with E-state index in [2.05, 4.69) is 33.1 Å². The van der Waals surface area contributed by atoms with Crippen LogP contribution in [0.4, 0.5) is 0 Å². The summed E-state index contributed by atoms with van der Waals surface area (Å²) in [6.45, 7) is 7.24. The molecule has 1 saturated carbocycles. The summed E-state index contributed by atoms with van der Waals surface area (Å²) < 4.78 is 0. The van der Waals surface area contributed by atoms with Gasteiger partial charge in [-0.15, -0.1) is 0 Å². The standard InChI is InChI=1S/C12H25NOS/c1-9(6-8-14)15-10-5-7-12(2,3)11(10)13-4/h9-11,13-14H,5-8H2,1-4H3. The Balaban J connectivity index is 2.49. The Morgan fingerprint density at radius 3 is 2.73 bits per heavy atom. The molecular formula is C12H25NOS. The second kappa shape index (κ2) is 5.55. The molecule has 2 N–H and O–H groups in total. The number of aliphatic hydroxyl groups is 1. The lowest BCUT2D eigenvalue weighted by Crippen LogP contribution is -2.41. The summed E-state index contributed by atoms with van der Waals surface area (Å²) >= 11 is 2.04. The fourth-order valence-electron chi connectivity index (χ4n) is 2.61. The van der Waals surface area contributed by atoms with Crippen LogP contribution in [0, 0.1) is 5.41 Å². The van der Waals surface area contributed by atoms with E-state index in [-0.39, 0.29) is 0 Å². The summed E-state index contributed by atoms with van der Waals surface area (Å²) in [7, 11) is 2.07. The molecule has 1 aliphatic carbocycles. The van der Waals surface area contributed by atoms with E-state index in [4.69, 9.17) is 5.11 Å². The number of aliphatic hydroxyl groups excluding tert-OH is 1. The van der Waals surface area contributed by atoms with Gasteiger partial charge in [-0.05, 0) is 31.7 Å². The molecule has 2 nitrogen and oxygen atoms in total. The van der Waals surface area contributed by atoms with Gasteiger partial charge in [0.05, 0.1) is 0 Å². The average molecular weight is 231 g/mol. The second-order valence-electron chi connectivity index (χ2n) is 5.29. The molecule has 0 bridgehead atoms. The molecule has 3 atom stereocenters. The number of hydrogen-bond donors (Lipinski definition) is 2. The topological polar surface area (TPSA) is 32.3 Å². The number of nitrogens with one attached hydrogen (secondary N) is 1. The van der Waals surface area contributed by atoms with Gasteiger partial charge < -0.3 is 10.4 Å². The van der Waals surface area contributed by atoms with Crippen LogP contribution in [0.25, 0.3) is 0 Å². The van der Waals surface area contributed by atoms with E-state index < -0.39 is 0 Å². The second-order valence-corrected chi connectivity index (χ2v) is 6.97. The van der Waals surface area contributed by atoms with Gasteiger partial charge in [0.25, 0.3) is 0 Å². The minimum atomic E-state index is 0.314. The molecule has 0 aromatic heterocycles. The fourth-order valence-corrected chi connectivity index (χ4v) is 4.36. The van der Waals surface area contributed by atoms with Crippen molar-refractivity contribution in [3.8, 4) is 0 Å². The lowest BCUT2D eigenvalue weighted by atomic mass is 9.87. The Morgan fingerprint density at radius 2 is 2.20 bits per heavy atom. The molecule has 0 spiro atoms. The average Bonchev–Trinajstić information content (AvgIpc) is 2.41. The summed E-state index contributed by atoms with van der Waals surface area (Å²) in [4.78, 5) is 0. The van der Waals surface area contributed by atoms with Crippen LogP contribution in [0.3, 0.4) is 0 Å². The van der Waals surface area contributed by atoms with Gasteiger partial charge in [0.15, 0.2) is 0 Å². The van der Waals surface area contributed by atoms with E-state index in [1.165, 1.54) is 12.8 Å². The van der Waals surface area contributed by atoms with Crippen LogP contribution < -0.4 is 5.32 Å². The molecule has 15 heavy (non-hydrogen) atoms. The molecule has 0 heterocycles. The van der Waals surface area contributed by atoms with Crippen LogP contribution >= 0.6 is 11.8 Å². The van der Waals surface area contributed by atoms with Crippen molar-refractivity contribution in [2.75, 3.05) is 13.7 Å². The molecule has 0 aromatic carbocycles. The van der Waals surface area contributed by atoms with Gasteiger partial charge in [-0.1, -0.05) is 20.8 Å². The van der Waals surface area contributed by atoms with Crippen LogP contribution in [-0.2, 0) is 0 Å². The maximum atomic E-state index is 8.91. The summed E-state index contributed by atoms with van der Waals surface area (Å²) in [5.41, 5.74) is 0.422. The van der Waals surface area contributed by atoms with Gasteiger partial charge in [-0.25, -0.2) is 0 Å². The molecule has 1 rings (SSSR count). The molecule has 3 heteroatoms. The highest BCUT2D eigenvalue weighted by Crippen LogP contribution is 2.44. The van der Waals surface area contributed by atoms with Crippen molar-refractivity contribution in [1.29, 1.82) is 0 Å². The van der Waals surface area contributed by atoms with E-state index in [9.17, 15) is 0 Å². The zero-order chi connectivity index (χ0) is 11.5. The van der Waals surface area contributed by atoms with Gasteiger partial charge in [0.1, 0.15) is 0 Å². The van der Waals surface area contributed by atoms with E-state index in [0.717, 1.165) is 6.42 Å². The summed E-state index contributed by atoms with van der Waals surface area (Å²) in [6, 6.07) is 0.614. The van der Waals surface area contributed by atoms with Crippen LogP contribution in [0.2, 0.25) is 0 Å². The molecule has 90 valence electrons. The predicted octanol–water partition coefficient (Wildman–Crippen LogP) is 2.27. The monoisotopic (exact) mass is 231 g/mol. The predicted molar refractivity (Wildman–Crippen MR) is 68.4 cm³/mol. The molecule has 0 aromatic rings. The fraction of sp³-hybridized carbons (Fsp3) is 1.00. The van der Waals surface area contributed by atoms with Crippen molar-refractivity contribution in [3.05, 3.63) is 0 Å². The normalized spacial score (nSPS) is 31.8. The maximum Gasteiger partial charge on any atom is 0.0441 e. The Morgan fingerprint density at radius 1 is 1.53 bits per heavy atom. The molecule has 1 aliphatic rings. The van der Waals surface area contributed by atoms with Crippen LogP contribution in [-0.4, -0.2) is 35.3 Å². The van der Waals surface area contributed by atoms with Gasteiger partial charge in [0.2, 0.25) is 0 Å². The first kappa shape index (κ1) is 13.3. The molecule has 0 aliphatic heterocycles. The minimum Gasteiger partial charge on any atom is -0.396 e. The van der Waals surface area contributed by atoms with Crippen molar-refractivity contribution >= 4 is 11.8 Å². The zero-order valence-corrected chi connectivity index (χ0v) is 11.2. The van der Waals surface area contributed by atoms with E-state index >= 15 is 0 Å². The molecule has 0 saturated heterocycles. The third kappa shape index (κ3) is 3.36. The Bertz CT molecular complexity index is 196. The Hall–Kier alpha value is 0.270. The summed E-state index contributed by atoms with van der Waals surface area (Å²) in [5.74, 6) is 0. The van der Waals surface area contributed by atoms with Crippen molar-refractivity contribution in [1.82, 2.24) is 5.32 Å². The van der Waals surface area contributed by atoms with Crippen LogP contribution in [0.15, 0.2) is 0 Å². The van der Waals surface area contributed by atoms with Crippen LogP contribution in [0.5, 0.6) is 0 Å². The lowest BCUT2D eigenvalue weighted by molar-refractivity contribution is 0.288. The third-order valence-corrected chi connectivity index (χ3v) is 5.10. The molecular weight excluding hydrogens is 206 g/mol. The SMILES string of the molecule is CNC1C(SC(C)CCO)CCC1(C)C. The number of thioether (sulfide) groups is 1. The summed E-state index contributed by atoms with van der Waals surface area (Å²) in [5, 5.41) is 13.7. The maximum absolute atomic E-state index is 8.91. The van der Waals surface area contributed by atoms with E-state index in [1.54, 1.807) is 0 Å². The molecule has 3 unspecified atom stereocenters. The molecule has 1 fully saturated rings. The zero-order valence-electron chi connectivity index (χ0n) is 10.4. The minimum absolute atomic E-state index is 0.314. The van der Waals surface area contributed by atoms with Gasteiger partial charge >= 0.3 is 0 Å². The van der Waals surface area contributed by atoms with Crippen molar-refractivity contribution in [2.24, 2.45) is 5.41 Å². The number of hydrogen-bond acceptors (Lipinski definition) is 3. The highest BCUT2D eigenvalue weighted by molar-refractivity contribution is 8.00. The number of rotatable bonds is 5. The quantitative estimate of drug-likeness (QED) is 0.761. The molecule has 0 amide bonds. The largest absolute Gasteiger partial charge is 0.396 e. The van der Waals surface area contributed by atoms with Crippen molar-refractivity contribution in [3.63, 3.8) is 0 Å². The molecule has 0 radical (unpaired) electrons. The summed E-state index contributed by atoms with van der Waals surface area (Å²) in [6.07, 6.45) is 3.53. The lowest BCUT2D eigenvalue weighted by Gasteiger charge is -2.31. The Kier molecular flexibility index (Phi) is 4.94. The highest BCUT2D eigenvalue weighted by atomic mass is 32.2. The van der Waals surface area contributed by atoms with Gasteiger partial charge in [-0.3, -0.25) is 0 Å². The first-order valence-electron chi connectivity index (χ1n) is 5.95. The smallest absolute Gasteiger partial charge is 0.0441 e. The van der Waals surface area contributed by atoms with Crippen molar-refractivity contribution in [2.45, 2.75) is 56.6 Å². The van der Waals surface area contributed by atoms with E-state index in [0.29, 0.717) is 28.6 Å². The highest BCUT2D eigenvalue weighted by Gasteiger charge is 2.41. The van der Waals surface area contributed by atoms with E-state index in [1.807, 2.05) is 11.8 Å². The first-order valence-corrected chi connectivity index (χ1v) is 6.89.